The lowest BCUT2D eigenvalue weighted by atomic mass is 10.1. The highest BCUT2D eigenvalue weighted by Crippen LogP contribution is 2.28. The van der Waals surface area contributed by atoms with Crippen LogP contribution in [-0.2, 0) is 27.3 Å². The molecule has 0 radical (unpaired) electrons. The molecular weight excluding hydrogens is 472 g/mol. The molecule has 3 aromatic carbocycles. The molecule has 0 atom stereocenters. The minimum Gasteiger partial charge on any atom is -0.490 e. The Balaban J connectivity index is 1.46. The average molecular weight is 503 g/mol. The van der Waals surface area contributed by atoms with Crippen LogP contribution in [0.2, 0.25) is 0 Å². The monoisotopic (exact) mass is 502 g/mol. The van der Waals surface area contributed by atoms with Crippen LogP contribution in [0.1, 0.15) is 23.6 Å². The third-order valence-corrected chi connectivity index (χ3v) is 5.09. The van der Waals surface area contributed by atoms with Gasteiger partial charge in [0.05, 0.1) is 12.8 Å². The van der Waals surface area contributed by atoms with Crippen molar-refractivity contribution < 1.29 is 23.9 Å². The molecule has 0 saturated carbocycles. The normalized spacial score (nSPS) is 10.5. The van der Waals surface area contributed by atoms with Gasteiger partial charge in [-0.05, 0) is 48.2 Å². The van der Waals surface area contributed by atoms with E-state index in [0.717, 1.165) is 11.1 Å². The molecule has 0 aliphatic carbocycles. The van der Waals surface area contributed by atoms with Crippen molar-refractivity contribution in [1.29, 1.82) is 0 Å². The van der Waals surface area contributed by atoms with Gasteiger partial charge in [0, 0.05) is 13.1 Å². The van der Waals surface area contributed by atoms with Crippen molar-refractivity contribution in [2.75, 3.05) is 19.8 Å². The Hall–Kier alpha value is -4.66. The van der Waals surface area contributed by atoms with Crippen LogP contribution in [0.4, 0.5) is 0 Å². The molecule has 0 spiro atoms. The quantitative estimate of drug-likeness (QED) is 0.200. The molecule has 3 aromatic rings. The van der Waals surface area contributed by atoms with Gasteiger partial charge in [0.1, 0.15) is 0 Å². The second kappa shape index (κ2) is 14.7. The third kappa shape index (κ3) is 9.48. The van der Waals surface area contributed by atoms with Gasteiger partial charge in [0.25, 0.3) is 5.91 Å². The molecule has 9 nitrogen and oxygen atoms in total. The molecule has 0 fully saturated rings. The minimum atomic E-state index is -0.865. The number of carbonyl (C=O) groups is 3. The van der Waals surface area contributed by atoms with Crippen molar-refractivity contribution in [2.45, 2.75) is 19.9 Å². The van der Waals surface area contributed by atoms with E-state index >= 15 is 0 Å². The van der Waals surface area contributed by atoms with E-state index < -0.39 is 11.8 Å². The third-order valence-electron chi connectivity index (χ3n) is 5.09. The number of carbonyl (C=O) groups excluding carboxylic acids is 3. The van der Waals surface area contributed by atoms with E-state index in [-0.39, 0.29) is 12.5 Å². The maximum Gasteiger partial charge on any atom is 0.329 e. The number of amides is 3. The summed E-state index contributed by atoms with van der Waals surface area (Å²) in [4.78, 5) is 36.1. The number of nitrogens with one attached hydrogen (secondary N) is 3. The maximum absolute atomic E-state index is 12.2. The first kappa shape index (κ1) is 26.9. The highest BCUT2D eigenvalue weighted by atomic mass is 16.5. The fourth-order valence-electron chi connectivity index (χ4n) is 3.24. The average Bonchev–Trinajstić information content (AvgIpc) is 2.92. The molecule has 0 aliphatic heterocycles. The molecule has 0 unspecified atom stereocenters. The van der Waals surface area contributed by atoms with Crippen molar-refractivity contribution in [2.24, 2.45) is 5.10 Å². The molecule has 0 aliphatic rings. The van der Waals surface area contributed by atoms with Gasteiger partial charge in [0.2, 0.25) is 0 Å². The van der Waals surface area contributed by atoms with Gasteiger partial charge in [-0.1, -0.05) is 60.7 Å². The van der Waals surface area contributed by atoms with E-state index in [2.05, 4.69) is 21.2 Å². The molecular formula is C28H30N4O5. The van der Waals surface area contributed by atoms with Gasteiger partial charge in [-0.3, -0.25) is 14.4 Å². The zero-order valence-corrected chi connectivity index (χ0v) is 20.6. The van der Waals surface area contributed by atoms with E-state index in [9.17, 15) is 14.4 Å². The predicted molar refractivity (Wildman–Crippen MR) is 140 cm³/mol. The Morgan fingerprint density at radius 1 is 0.811 bits per heavy atom. The highest BCUT2D eigenvalue weighted by molar-refractivity contribution is 6.35. The summed E-state index contributed by atoms with van der Waals surface area (Å²) in [6.07, 6.45) is 2.00. The number of hydrazone groups is 1. The summed E-state index contributed by atoms with van der Waals surface area (Å²) in [6.45, 7) is 2.79. The van der Waals surface area contributed by atoms with Crippen LogP contribution in [0.5, 0.6) is 11.5 Å². The van der Waals surface area contributed by atoms with E-state index in [4.69, 9.17) is 9.47 Å². The van der Waals surface area contributed by atoms with Crippen LogP contribution in [0.15, 0.2) is 84.0 Å². The number of hydrogen-bond donors (Lipinski definition) is 3. The zero-order chi connectivity index (χ0) is 26.3. The lowest BCUT2D eigenvalue weighted by Crippen LogP contribution is -2.38. The zero-order valence-electron chi connectivity index (χ0n) is 20.6. The maximum atomic E-state index is 12.2. The predicted octanol–water partition coefficient (Wildman–Crippen LogP) is 2.59. The molecule has 0 saturated heterocycles. The molecule has 37 heavy (non-hydrogen) atoms. The fraction of sp³-hybridized carbons (Fsp3) is 0.214. The first-order valence-corrected chi connectivity index (χ1v) is 11.9. The summed E-state index contributed by atoms with van der Waals surface area (Å²) in [5.74, 6) is -1.07. The lowest BCUT2D eigenvalue weighted by molar-refractivity contribution is -0.139. The second-order valence-electron chi connectivity index (χ2n) is 7.88. The van der Waals surface area contributed by atoms with Gasteiger partial charge in [-0.15, -0.1) is 0 Å². The number of benzene rings is 3. The van der Waals surface area contributed by atoms with Gasteiger partial charge < -0.3 is 20.1 Å². The van der Waals surface area contributed by atoms with E-state index in [0.29, 0.717) is 43.2 Å². The molecule has 192 valence electrons. The Morgan fingerprint density at radius 3 is 2.22 bits per heavy atom. The van der Waals surface area contributed by atoms with Crippen molar-refractivity contribution in [3.05, 3.63) is 95.6 Å². The topological polar surface area (TPSA) is 118 Å². The summed E-state index contributed by atoms with van der Waals surface area (Å²) in [5, 5.41) is 9.20. The Labute approximate surface area is 215 Å². The Kier molecular flexibility index (Phi) is 10.7. The van der Waals surface area contributed by atoms with Gasteiger partial charge in [0.15, 0.2) is 18.1 Å². The van der Waals surface area contributed by atoms with Crippen LogP contribution >= 0.6 is 0 Å². The molecule has 9 heteroatoms. The van der Waals surface area contributed by atoms with Gasteiger partial charge >= 0.3 is 11.8 Å². The molecule has 0 aromatic heterocycles. The summed E-state index contributed by atoms with van der Waals surface area (Å²) in [6, 6.07) is 24.2. The molecule has 3 N–H and O–H groups in total. The Bertz CT molecular complexity index is 1200. The molecule has 0 bridgehead atoms. The number of nitrogens with zero attached hydrogens (tertiary/aromatic N) is 1. The smallest absolute Gasteiger partial charge is 0.329 e. The molecule has 0 heterocycles. The van der Waals surface area contributed by atoms with Crippen LogP contribution in [0.3, 0.4) is 0 Å². The number of rotatable bonds is 12. The lowest BCUT2D eigenvalue weighted by Gasteiger charge is -2.12. The summed E-state index contributed by atoms with van der Waals surface area (Å²) in [7, 11) is 0. The van der Waals surface area contributed by atoms with Crippen LogP contribution in [-0.4, -0.2) is 43.7 Å². The largest absolute Gasteiger partial charge is 0.490 e. The SMILES string of the molecule is CCOc1cc(/C=N\NC(=O)C(=O)NCCc2ccccc2)ccc1OCC(=O)NCc1ccccc1. The van der Waals surface area contributed by atoms with Crippen molar-refractivity contribution in [3.8, 4) is 11.5 Å². The first-order chi connectivity index (χ1) is 18.0. The standard InChI is InChI=1S/C28H30N4O5/c1-2-36-25-17-23(13-14-24(25)37-20-26(33)30-18-22-11-7-4-8-12-22)19-31-32-28(35)27(34)29-16-15-21-9-5-3-6-10-21/h3-14,17,19H,2,15-16,18,20H2,1H3,(H,29,34)(H,30,33)(H,32,35)/b31-19-. The van der Waals surface area contributed by atoms with Crippen LogP contribution in [0.25, 0.3) is 0 Å². The van der Waals surface area contributed by atoms with Crippen LogP contribution < -0.4 is 25.5 Å². The second-order valence-corrected chi connectivity index (χ2v) is 7.88. The Morgan fingerprint density at radius 2 is 1.51 bits per heavy atom. The summed E-state index contributed by atoms with van der Waals surface area (Å²) >= 11 is 0. The highest BCUT2D eigenvalue weighted by Gasteiger charge is 2.12. The molecule has 3 amide bonds. The summed E-state index contributed by atoms with van der Waals surface area (Å²) in [5.41, 5.74) is 4.87. The molecule has 3 rings (SSSR count). The van der Waals surface area contributed by atoms with Crippen molar-refractivity contribution >= 4 is 23.9 Å². The van der Waals surface area contributed by atoms with E-state index in [1.165, 1.54) is 6.21 Å². The first-order valence-electron chi connectivity index (χ1n) is 11.9. The van der Waals surface area contributed by atoms with Crippen LogP contribution in [0, 0.1) is 0 Å². The van der Waals surface area contributed by atoms with Gasteiger partial charge in [-0.2, -0.15) is 5.10 Å². The fourth-order valence-corrected chi connectivity index (χ4v) is 3.24. The van der Waals surface area contributed by atoms with Gasteiger partial charge in [-0.25, -0.2) is 5.43 Å². The number of ether oxygens (including phenoxy) is 2. The van der Waals surface area contributed by atoms with E-state index in [1.54, 1.807) is 18.2 Å². The summed E-state index contributed by atoms with van der Waals surface area (Å²) < 4.78 is 11.3. The van der Waals surface area contributed by atoms with Crippen molar-refractivity contribution in [3.63, 3.8) is 0 Å². The minimum absolute atomic E-state index is 0.171. The number of hydrogen-bond acceptors (Lipinski definition) is 6. The van der Waals surface area contributed by atoms with E-state index in [1.807, 2.05) is 67.6 Å². The van der Waals surface area contributed by atoms with Crippen molar-refractivity contribution in [1.82, 2.24) is 16.1 Å².